The zero-order valence-corrected chi connectivity index (χ0v) is 12.1. The zero-order chi connectivity index (χ0) is 15.6. The van der Waals surface area contributed by atoms with Gasteiger partial charge in [0.1, 0.15) is 0 Å². The van der Waals surface area contributed by atoms with Crippen molar-refractivity contribution in [1.29, 1.82) is 0 Å². The number of nitrogens with two attached hydrogens (primary N) is 1. The van der Waals surface area contributed by atoms with E-state index in [1.54, 1.807) is 30.6 Å². The van der Waals surface area contributed by atoms with Crippen LogP contribution in [0.1, 0.15) is 25.7 Å². The Morgan fingerprint density at radius 2 is 1.82 bits per heavy atom. The fourth-order valence-electron chi connectivity index (χ4n) is 2.72. The molecule has 2 aromatic rings. The van der Waals surface area contributed by atoms with E-state index >= 15 is 0 Å². The highest BCUT2D eigenvalue weighted by Crippen LogP contribution is 2.36. The Bertz CT molecular complexity index is 636. The number of halogens is 2. The highest BCUT2D eigenvalue weighted by Gasteiger charge is 2.35. The quantitative estimate of drug-likeness (QED) is 0.848. The van der Waals surface area contributed by atoms with Gasteiger partial charge in [0.05, 0.1) is 0 Å². The fourth-order valence-corrected chi connectivity index (χ4v) is 2.72. The second kappa shape index (κ2) is 5.87. The summed E-state index contributed by atoms with van der Waals surface area (Å²) in [5.41, 5.74) is 8.08. The van der Waals surface area contributed by atoms with Crippen molar-refractivity contribution in [2.75, 3.05) is 11.1 Å². The van der Waals surface area contributed by atoms with E-state index in [9.17, 15) is 8.78 Å². The summed E-state index contributed by atoms with van der Waals surface area (Å²) in [4.78, 5) is 8.48. The van der Waals surface area contributed by atoms with Gasteiger partial charge in [0.25, 0.3) is 0 Å². The predicted molar refractivity (Wildman–Crippen MR) is 82.7 cm³/mol. The van der Waals surface area contributed by atoms with Crippen LogP contribution in [-0.4, -0.2) is 21.9 Å². The number of nitrogens with zero attached hydrogens (tertiary/aromatic N) is 2. The molecule has 0 spiro atoms. The first kappa shape index (κ1) is 14.7. The van der Waals surface area contributed by atoms with Crippen LogP contribution in [-0.2, 0) is 0 Å². The number of alkyl halides is 2. The number of anilines is 2. The molecule has 1 fully saturated rings. The van der Waals surface area contributed by atoms with E-state index < -0.39 is 5.92 Å². The number of aromatic nitrogens is 2. The lowest BCUT2D eigenvalue weighted by Gasteiger charge is -2.30. The molecule has 3 rings (SSSR count). The van der Waals surface area contributed by atoms with Gasteiger partial charge < -0.3 is 11.1 Å². The molecular formula is C16H18F2N4. The van der Waals surface area contributed by atoms with Gasteiger partial charge in [-0.3, -0.25) is 0 Å². The Kier molecular flexibility index (Phi) is 3.92. The first-order chi connectivity index (χ1) is 10.5. The highest BCUT2D eigenvalue weighted by atomic mass is 19.3. The Labute approximate surface area is 127 Å². The maximum Gasteiger partial charge on any atom is 0.248 e. The molecule has 0 amide bonds. The van der Waals surface area contributed by atoms with Crippen molar-refractivity contribution in [3.8, 4) is 11.4 Å². The molecule has 3 N–H and O–H groups in total. The average Bonchev–Trinajstić information content (AvgIpc) is 2.52. The molecule has 1 heterocycles. The van der Waals surface area contributed by atoms with Crippen LogP contribution in [0.15, 0.2) is 36.7 Å². The van der Waals surface area contributed by atoms with E-state index in [1.165, 1.54) is 0 Å². The molecule has 6 heteroatoms. The molecule has 1 aliphatic carbocycles. The first-order valence-corrected chi connectivity index (χ1v) is 7.35. The molecule has 1 aromatic carbocycles. The van der Waals surface area contributed by atoms with Crippen LogP contribution in [0.3, 0.4) is 0 Å². The Balaban J connectivity index is 1.82. The Morgan fingerprint density at radius 1 is 1.14 bits per heavy atom. The third-order valence-electron chi connectivity index (χ3n) is 3.93. The maximum absolute atomic E-state index is 13.2. The topological polar surface area (TPSA) is 63.8 Å². The second-order valence-electron chi connectivity index (χ2n) is 5.65. The Hall–Kier alpha value is -2.24. The van der Waals surface area contributed by atoms with Gasteiger partial charge in [-0.05, 0) is 37.1 Å². The van der Waals surface area contributed by atoms with Crippen molar-refractivity contribution in [1.82, 2.24) is 9.97 Å². The lowest BCUT2D eigenvalue weighted by Crippen LogP contribution is -2.32. The SMILES string of the molecule is Nc1ccc(NC2CCC(F)(F)CC2)c(-c2ncccn2)c1. The summed E-state index contributed by atoms with van der Waals surface area (Å²) in [6.45, 7) is 0. The number of nitrogen functional groups attached to an aromatic ring is 1. The van der Waals surface area contributed by atoms with Crippen molar-refractivity contribution < 1.29 is 8.78 Å². The van der Waals surface area contributed by atoms with Crippen molar-refractivity contribution >= 4 is 11.4 Å². The summed E-state index contributed by atoms with van der Waals surface area (Å²) in [6, 6.07) is 7.21. The smallest absolute Gasteiger partial charge is 0.248 e. The normalized spacial score (nSPS) is 18.1. The van der Waals surface area contributed by atoms with Crippen molar-refractivity contribution in [2.45, 2.75) is 37.6 Å². The summed E-state index contributed by atoms with van der Waals surface area (Å²) < 4.78 is 26.5. The van der Waals surface area contributed by atoms with Gasteiger partial charge >= 0.3 is 0 Å². The molecule has 0 saturated heterocycles. The minimum Gasteiger partial charge on any atom is -0.399 e. The molecule has 0 bridgehead atoms. The molecule has 4 nitrogen and oxygen atoms in total. The van der Waals surface area contributed by atoms with Crippen molar-refractivity contribution in [3.05, 3.63) is 36.7 Å². The van der Waals surface area contributed by atoms with Gasteiger partial charge in [0, 0.05) is 48.2 Å². The first-order valence-electron chi connectivity index (χ1n) is 7.35. The van der Waals surface area contributed by atoms with Crippen LogP contribution in [0.5, 0.6) is 0 Å². The predicted octanol–water partition coefficient (Wildman–Crippen LogP) is 3.72. The van der Waals surface area contributed by atoms with E-state index in [0.29, 0.717) is 24.4 Å². The summed E-state index contributed by atoms with van der Waals surface area (Å²) in [5.74, 6) is -1.96. The van der Waals surface area contributed by atoms with E-state index in [-0.39, 0.29) is 18.9 Å². The van der Waals surface area contributed by atoms with Crippen molar-refractivity contribution in [2.24, 2.45) is 0 Å². The summed E-state index contributed by atoms with van der Waals surface area (Å²) in [6.07, 6.45) is 4.08. The molecule has 1 aliphatic rings. The Morgan fingerprint density at radius 3 is 2.50 bits per heavy atom. The summed E-state index contributed by atoms with van der Waals surface area (Å²) >= 11 is 0. The van der Waals surface area contributed by atoms with E-state index in [4.69, 9.17) is 5.73 Å². The van der Waals surface area contributed by atoms with Gasteiger partial charge in [-0.25, -0.2) is 18.7 Å². The van der Waals surface area contributed by atoms with Crippen LogP contribution in [0.2, 0.25) is 0 Å². The van der Waals surface area contributed by atoms with Crippen LogP contribution in [0.4, 0.5) is 20.2 Å². The summed E-state index contributed by atoms with van der Waals surface area (Å²) in [5, 5.41) is 3.34. The van der Waals surface area contributed by atoms with Crippen molar-refractivity contribution in [3.63, 3.8) is 0 Å². The number of hydrogen-bond donors (Lipinski definition) is 2. The number of nitrogens with one attached hydrogen (secondary N) is 1. The molecular weight excluding hydrogens is 286 g/mol. The minimum absolute atomic E-state index is 0.0331. The van der Waals surface area contributed by atoms with Gasteiger partial charge in [0.2, 0.25) is 5.92 Å². The highest BCUT2D eigenvalue weighted by molar-refractivity contribution is 5.77. The largest absolute Gasteiger partial charge is 0.399 e. The zero-order valence-electron chi connectivity index (χ0n) is 12.1. The molecule has 0 atom stereocenters. The monoisotopic (exact) mass is 304 g/mol. The van der Waals surface area contributed by atoms with Crippen LogP contribution in [0.25, 0.3) is 11.4 Å². The van der Waals surface area contributed by atoms with Crippen LogP contribution in [0, 0.1) is 0 Å². The fraction of sp³-hybridized carbons (Fsp3) is 0.375. The molecule has 22 heavy (non-hydrogen) atoms. The second-order valence-corrected chi connectivity index (χ2v) is 5.65. The van der Waals surface area contributed by atoms with Gasteiger partial charge in [-0.1, -0.05) is 0 Å². The molecule has 1 aromatic heterocycles. The number of benzene rings is 1. The summed E-state index contributed by atoms with van der Waals surface area (Å²) in [7, 11) is 0. The number of rotatable bonds is 3. The molecule has 0 unspecified atom stereocenters. The van der Waals surface area contributed by atoms with E-state index in [2.05, 4.69) is 15.3 Å². The van der Waals surface area contributed by atoms with Crippen LogP contribution < -0.4 is 11.1 Å². The van der Waals surface area contributed by atoms with E-state index in [0.717, 1.165) is 11.3 Å². The van der Waals surface area contributed by atoms with Gasteiger partial charge in [-0.15, -0.1) is 0 Å². The van der Waals surface area contributed by atoms with Gasteiger partial charge in [-0.2, -0.15) is 0 Å². The standard InChI is InChI=1S/C16H18F2N4/c17-16(18)6-4-12(5-7-16)22-14-3-2-11(19)10-13(14)15-20-8-1-9-21-15/h1-3,8-10,12,22H,4-7,19H2. The number of hydrogen-bond acceptors (Lipinski definition) is 4. The molecule has 1 saturated carbocycles. The third-order valence-corrected chi connectivity index (χ3v) is 3.93. The van der Waals surface area contributed by atoms with Crippen LogP contribution >= 0.6 is 0 Å². The lowest BCUT2D eigenvalue weighted by molar-refractivity contribution is -0.0360. The molecule has 0 radical (unpaired) electrons. The van der Waals surface area contributed by atoms with Gasteiger partial charge in [0.15, 0.2) is 5.82 Å². The minimum atomic E-state index is -2.52. The maximum atomic E-state index is 13.2. The third kappa shape index (κ3) is 3.32. The molecule has 0 aliphatic heterocycles. The average molecular weight is 304 g/mol. The van der Waals surface area contributed by atoms with E-state index in [1.807, 2.05) is 6.07 Å². The molecule has 116 valence electrons. The lowest BCUT2D eigenvalue weighted by atomic mass is 9.92.